The number of hydrogen-bond donors (Lipinski definition) is 1. The fourth-order valence-corrected chi connectivity index (χ4v) is 2.82. The van der Waals surface area contributed by atoms with E-state index in [2.05, 4.69) is 15.5 Å². The Balaban J connectivity index is 1.51. The van der Waals surface area contributed by atoms with Crippen LogP contribution in [-0.4, -0.2) is 40.8 Å². The smallest absolute Gasteiger partial charge is 0.318 e. The molecule has 0 bridgehead atoms. The van der Waals surface area contributed by atoms with Crippen LogP contribution in [0, 0.1) is 6.92 Å². The summed E-state index contributed by atoms with van der Waals surface area (Å²) in [7, 11) is 0. The van der Waals surface area contributed by atoms with E-state index >= 15 is 0 Å². The summed E-state index contributed by atoms with van der Waals surface area (Å²) >= 11 is 0. The number of aromatic nitrogens is 2. The van der Waals surface area contributed by atoms with Crippen LogP contribution in [0.2, 0.25) is 0 Å². The lowest BCUT2D eigenvalue weighted by Crippen LogP contribution is -2.45. The lowest BCUT2D eigenvalue weighted by molar-refractivity contribution is 0.131. The van der Waals surface area contributed by atoms with E-state index < -0.39 is 0 Å². The molecule has 1 saturated heterocycles. The molecule has 1 fully saturated rings. The highest BCUT2D eigenvalue weighted by Gasteiger charge is 2.31. The van der Waals surface area contributed by atoms with Crippen LogP contribution in [0.25, 0.3) is 0 Å². The number of ether oxygens (including phenoxy) is 1. The molecule has 1 aromatic carbocycles. The second-order valence-corrected chi connectivity index (χ2v) is 5.78. The molecule has 128 valence electrons. The first kappa shape index (κ1) is 16.3. The number of aryl methyl sites for hydroxylation is 1. The van der Waals surface area contributed by atoms with Crippen LogP contribution in [0.4, 0.5) is 4.79 Å². The summed E-state index contributed by atoms with van der Waals surface area (Å²) < 4.78 is 10.8. The second-order valence-electron chi connectivity index (χ2n) is 5.78. The predicted octanol–water partition coefficient (Wildman–Crippen LogP) is 2.69. The molecule has 2 amide bonds. The summed E-state index contributed by atoms with van der Waals surface area (Å²) in [5, 5.41) is 6.73. The van der Waals surface area contributed by atoms with Gasteiger partial charge in [-0.15, -0.1) is 0 Å². The highest BCUT2D eigenvalue weighted by Crippen LogP contribution is 2.29. The molecule has 3 rings (SSSR count). The van der Waals surface area contributed by atoms with Gasteiger partial charge in [0.05, 0.1) is 6.54 Å². The van der Waals surface area contributed by atoms with Crippen LogP contribution in [0.3, 0.4) is 0 Å². The van der Waals surface area contributed by atoms with Crippen molar-refractivity contribution in [2.75, 3.05) is 19.7 Å². The van der Waals surface area contributed by atoms with Gasteiger partial charge in [-0.05, 0) is 38.3 Å². The molecule has 1 atom stereocenters. The van der Waals surface area contributed by atoms with Crippen LogP contribution >= 0.6 is 0 Å². The van der Waals surface area contributed by atoms with Crippen molar-refractivity contribution in [1.29, 1.82) is 0 Å². The molecule has 1 unspecified atom stereocenters. The number of piperidine rings is 1. The molecular weight excluding hydrogens is 308 g/mol. The van der Waals surface area contributed by atoms with Crippen molar-refractivity contribution in [3.63, 3.8) is 0 Å². The number of carbonyl (C=O) groups excluding carboxylic acids is 1. The van der Waals surface area contributed by atoms with Crippen molar-refractivity contribution >= 4 is 6.03 Å². The summed E-state index contributed by atoms with van der Waals surface area (Å²) in [4.78, 5) is 18.5. The number of urea groups is 1. The number of nitrogens with one attached hydrogen (secondary N) is 1. The highest BCUT2D eigenvalue weighted by molar-refractivity contribution is 5.74. The Labute approximate surface area is 141 Å². The zero-order chi connectivity index (χ0) is 16.8. The maximum atomic E-state index is 12.5. The van der Waals surface area contributed by atoms with Gasteiger partial charge in [0, 0.05) is 6.54 Å². The van der Waals surface area contributed by atoms with E-state index in [9.17, 15) is 4.79 Å². The fourth-order valence-electron chi connectivity index (χ4n) is 2.82. The minimum absolute atomic E-state index is 0.118. The minimum Gasteiger partial charge on any atom is -0.492 e. The van der Waals surface area contributed by atoms with Gasteiger partial charge in [-0.3, -0.25) is 0 Å². The molecule has 2 aromatic rings. The summed E-state index contributed by atoms with van der Waals surface area (Å²) in [6, 6.07) is 9.28. The number of nitrogens with zero attached hydrogens (tertiary/aromatic N) is 3. The number of rotatable bonds is 5. The van der Waals surface area contributed by atoms with E-state index in [1.165, 1.54) is 0 Å². The van der Waals surface area contributed by atoms with Crippen LogP contribution in [0.5, 0.6) is 5.75 Å². The van der Waals surface area contributed by atoms with Crippen molar-refractivity contribution in [2.45, 2.75) is 32.2 Å². The van der Waals surface area contributed by atoms with E-state index in [1.807, 2.05) is 30.3 Å². The third-order valence-corrected chi connectivity index (χ3v) is 3.98. The van der Waals surface area contributed by atoms with E-state index in [4.69, 9.17) is 9.26 Å². The average molecular weight is 330 g/mol. The van der Waals surface area contributed by atoms with Gasteiger partial charge in [-0.25, -0.2) is 4.79 Å². The van der Waals surface area contributed by atoms with Crippen molar-refractivity contribution in [3.8, 4) is 5.75 Å². The molecule has 24 heavy (non-hydrogen) atoms. The van der Waals surface area contributed by atoms with Gasteiger partial charge in [-0.1, -0.05) is 23.4 Å². The number of para-hydroxylation sites is 1. The Morgan fingerprint density at radius 2 is 2.21 bits per heavy atom. The molecule has 0 radical (unpaired) electrons. The van der Waals surface area contributed by atoms with Crippen LogP contribution < -0.4 is 10.1 Å². The summed E-state index contributed by atoms with van der Waals surface area (Å²) in [6.45, 7) is 3.34. The number of amides is 2. The van der Waals surface area contributed by atoms with Crippen LogP contribution in [0.1, 0.15) is 37.0 Å². The Hall–Kier alpha value is -2.57. The molecule has 0 spiro atoms. The lowest BCUT2D eigenvalue weighted by Gasteiger charge is -2.33. The van der Waals surface area contributed by atoms with E-state index in [1.54, 1.807) is 11.8 Å². The average Bonchev–Trinajstić information content (AvgIpc) is 3.06. The van der Waals surface area contributed by atoms with Crippen LogP contribution in [0.15, 0.2) is 34.9 Å². The van der Waals surface area contributed by atoms with Gasteiger partial charge in [-0.2, -0.15) is 4.98 Å². The molecule has 7 heteroatoms. The molecule has 0 aliphatic carbocycles. The van der Waals surface area contributed by atoms with Crippen molar-refractivity contribution in [3.05, 3.63) is 42.0 Å². The van der Waals surface area contributed by atoms with Crippen molar-refractivity contribution < 1.29 is 14.1 Å². The normalized spacial score (nSPS) is 17.5. The third kappa shape index (κ3) is 4.04. The fraction of sp³-hybridized carbons (Fsp3) is 0.471. The van der Waals surface area contributed by atoms with Gasteiger partial charge in [0.1, 0.15) is 18.4 Å². The van der Waals surface area contributed by atoms with E-state index in [0.717, 1.165) is 25.0 Å². The van der Waals surface area contributed by atoms with E-state index in [0.29, 0.717) is 31.4 Å². The number of hydrogen-bond acceptors (Lipinski definition) is 5. The third-order valence-electron chi connectivity index (χ3n) is 3.98. The Morgan fingerprint density at radius 1 is 1.38 bits per heavy atom. The van der Waals surface area contributed by atoms with Crippen molar-refractivity contribution in [2.24, 2.45) is 0 Å². The van der Waals surface area contributed by atoms with Crippen LogP contribution in [-0.2, 0) is 0 Å². The molecule has 1 aliphatic heterocycles. The summed E-state index contributed by atoms with van der Waals surface area (Å²) in [5.41, 5.74) is 0. The lowest BCUT2D eigenvalue weighted by atomic mass is 10.0. The summed E-state index contributed by atoms with van der Waals surface area (Å²) in [6.07, 6.45) is 2.88. The molecule has 1 aromatic heterocycles. The number of benzene rings is 1. The highest BCUT2D eigenvalue weighted by atomic mass is 16.5. The quantitative estimate of drug-likeness (QED) is 0.853. The molecule has 2 heterocycles. The molecule has 7 nitrogen and oxygen atoms in total. The maximum Gasteiger partial charge on any atom is 0.318 e. The first-order valence-electron chi connectivity index (χ1n) is 8.26. The Bertz CT molecular complexity index is 659. The number of likely N-dealkylation sites (tertiary alicyclic amines) is 1. The zero-order valence-corrected chi connectivity index (χ0v) is 13.8. The standard InChI is InChI=1S/C17H22N4O3/c1-13-19-16(24-20-13)15-9-5-6-11-21(15)17(22)18-10-12-23-14-7-3-2-4-8-14/h2-4,7-8,15H,5-6,9-12H2,1H3,(H,18,22). The monoisotopic (exact) mass is 330 g/mol. The van der Waals surface area contributed by atoms with Gasteiger partial charge in [0.2, 0.25) is 5.89 Å². The first-order chi connectivity index (χ1) is 11.7. The van der Waals surface area contributed by atoms with Gasteiger partial charge >= 0.3 is 6.03 Å². The SMILES string of the molecule is Cc1noc(C2CCCCN2C(=O)NCCOc2ccccc2)n1. The second kappa shape index (κ2) is 7.81. The molecule has 1 aliphatic rings. The first-order valence-corrected chi connectivity index (χ1v) is 8.26. The Kier molecular flexibility index (Phi) is 5.30. The van der Waals surface area contributed by atoms with Crippen molar-refractivity contribution in [1.82, 2.24) is 20.4 Å². The largest absolute Gasteiger partial charge is 0.492 e. The topological polar surface area (TPSA) is 80.5 Å². The molecule has 0 saturated carbocycles. The zero-order valence-electron chi connectivity index (χ0n) is 13.8. The number of carbonyl (C=O) groups is 1. The summed E-state index contributed by atoms with van der Waals surface area (Å²) in [5.74, 6) is 1.90. The van der Waals surface area contributed by atoms with Gasteiger partial charge in [0.15, 0.2) is 5.82 Å². The van der Waals surface area contributed by atoms with E-state index in [-0.39, 0.29) is 12.1 Å². The Morgan fingerprint density at radius 3 is 2.96 bits per heavy atom. The molecule has 1 N–H and O–H groups in total. The maximum absolute atomic E-state index is 12.5. The van der Waals surface area contributed by atoms with Gasteiger partial charge in [0.25, 0.3) is 0 Å². The molecular formula is C17H22N4O3. The minimum atomic E-state index is -0.144. The van der Waals surface area contributed by atoms with Gasteiger partial charge < -0.3 is 19.5 Å². The predicted molar refractivity (Wildman–Crippen MR) is 87.7 cm³/mol.